The van der Waals surface area contributed by atoms with Gasteiger partial charge in [0.15, 0.2) is 0 Å². The summed E-state index contributed by atoms with van der Waals surface area (Å²) >= 11 is 0. The molecule has 2 N–H and O–H groups in total. The second-order valence-electron chi connectivity index (χ2n) is 5.59. The molecule has 0 aliphatic carbocycles. The van der Waals surface area contributed by atoms with Crippen molar-refractivity contribution in [2.75, 3.05) is 26.0 Å². The lowest BCUT2D eigenvalue weighted by molar-refractivity contribution is -0.121. The molecular weight excluding hydrogens is 256 g/mol. The number of carbonyl (C=O) groups excluding carboxylic acids is 1. The van der Waals surface area contributed by atoms with Crippen molar-refractivity contribution in [1.82, 2.24) is 4.90 Å². The first-order valence-electron chi connectivity index (χ1n) is 6.61. The van der Waals surface area contributed by atoms with Gasteiger partial charge in [-0.25, -0.2) is 0 Å². The van der Waals surface area contributed by atoms with Gasteiger partial charge in [0.2, 0.25) is 5.91 Å². The summed E-state index contributed by atoms with van der Waals surface area (Å²) in [6, 6.07) is 6.91. The molecule has 0 aliphatic rings. The molecule has 0 bridgehead atoms. The average molecular weight is 280 g/mol. The Kier molecular flexibility index (Phi) is 5.53. The summed E-state index contributed by atoms with van der Waals surface area (Å²) in [6.07, 6.45) is 0. The van der Waals surface area contributed by atoms with Crippen LogP contribution >= 0.6 is 0 Å². The fraction of sp³-hybridized carbons (Fsp3) is 0.533. The fourth-order valence-corrected chi connectivity index (χ4v) is 1.93. The lowest BCUT2D eigenvalue weighted by atomic mass is 10.1. The highest BCUT2D eigenvalue weighted by Crippen LogP contribution is 2.23. The number of nitrogens with zero attached hydrogens (tertiary/aromatic N) is 1. The highest BCUT2D eigenvalue weighted by Gasteiger charge is 2.24. The van der Waals surface area contributed by atoms with E-state index in [9.17, 15) is 9.90 Å². The molecule has 5 nitrogen and oxygen atoms in total. The standard InChI is InChI=1S/C15H24N2O3/c1-11(17(4)10-15(2,3)19)14(18)16-12-8-6-7-9-13(12)20-5/h6-9,11,19H,10H2,1-5H3,(H,16,18). The Morgan fingerprint density at radius 2 is 2.05 bits per heavy atom. The van der Waals surface area contributed by atoms with Crippen LogP contribution in [0, 0.1) is 0 Å². The van der Waals surface area contributed by atoms with E-state index in [0.717, 1.165) is 0 Å². The summed E-state index contributed by atoms with van der Waals surface area (Å²) in [6.45, 7) is 5.65. The van der Waals surface area contributed by atoms with Crippen LogP contribution in [0.15, 0.2) is 24.3 Å². The summed E-state index contributed by atoms with van der Waals surface area (Å²) < 4.78 is 5.20. The van der Waals surface area contributed by atoms with Crippen LogP contribution in [0.3, 0.4) is 0 Å². The number of nitrogens with one attached hydrogen (secondary N) is 1. The first-order valence-corrected chi connectivity index (χ1v) is 6.61. The Hall–Kier alpha value is -1.59. The van der Waals surface area contributed by atoms with Gasteiger partial charge in [0.05, 0.1) is 24.4 Å². The van der Waals surface area contributed by atoms with E-state index in [4.69, 9.17) is 4.74 Å². The van der Waals surface area contributed by atoms with E-state index in [1.165, 1.54) is 0 Å². The topological polar surface area (TPSA) is 61.8 Å². The molecule has 0 saturated carbocycles. The molecule has 1 aromatic carbocycles. The van der Waals surface area contributed by atoms with Crippen molar-refractivity contribution in [1.29, 1.82) is 0 Å². The van der Waals surface area contributed by atoms with Crippen molar-refractivity contribution in [3.63, 3.8) is 0 Å². The van der Waals surface area contributed by atoms with Gasteiger partial charge in [0, 0.05) is 6.54 Å². The second-order valence-corrected chi connectivity index (χ2v) is 5.59. The monoisotopic (exact) mass is 280 g/mol. The molecule has 1 amide bonds. The third kappa shape index (κ3) is 4.83. The summed E-state index contributed by atoms with van der Waals surface area (Å²) in [4.78, 5) is 14.0. The van der Waals surface area contributed by atoms with Gasteiger partial charge in [-0.2, -0.15) is 0 Å². The normalized spacial score (nSPS) is 13.2. The Bertz CT molecular complexity index is 455. The number of rotatable bonds is 6. The quantitative estimate of drug-likeness (QED) is 0.833. The minimum Gasteiger partial charge on any atom is -0.495 e. The van der Waals surface area contributed by atoms with Crippen molar-refractivity contribution in [2.45, 2.75) is 32.4 Å². The minimum absolute atomic E-state index is 0.138. The van der Waals surface area contributed by atoms with Gasteiger partial charge in [-0.3, -0.25) is 9.69 Å². The van der Waals surface area contributed by atoms with E-state index in [2.05, 4.69) is 5.32 Å². The van der Waals surface area contributed by atoms with Crippen LogP contribution in [-0.4, -0.2) is 48.3 Å². The summed E-state index contributed by atoms with van der Waals surface area (Å²) in [7, 11) is 3.37. The number of likely N-dealkylation sites (N-methyl/N-ethyl adjacent to an activating group) is 1. The molecule has 5 heteroatoms. The predicted molar refractivity (Wildman–Crippen MR) is 80.0 cm³/mol. The zero-order valence-corrected chi connectivity index (χ0v) is 12.8. The Balaban J connectivity index is 2.70. The van der Waals surface area contributed by atoms with E-state index < -0.39 is 5.60 Å². The molecule has 0 aromatic heterocycles. The van der Waals surface area contributed by atoms with Crippen molar-refractivity contribution in [3.8, 4) is 5.75 Å². The maximum absolute atomic E-state index is 12.2. The number of methoxy groups -OCH3 is 1. The number of carbonyl (C=O) groups is 1. The zero-order chi connectivity index (χ0) is 15.3. The third-order valence-electron chi connectivity index (χ3n) is 3.04. The molecular formula is C15H24N2O3. The van der Waals surface area contributed by atoms with Gasteiger partial charge in [0.25, 0.3) is 0 Å². The van der Waals surface area contributed by atoms with Gasteiger partial charge in [-0.15, -0.1) is 0 Å². The molecule has 112 valence electrons. The van der Waals surface area contributed by atoms with Crippen molar-refractivity contribution in [2.24, 2.45) is 0 Å². The zero-order valence-electron chi connectivity index (χ0n) is 12.8. The molecule has 0 radical (unpaired) electrons. The average Bonchev–Trinajstić information content (AvgIpc) is 2.36. The number of ether oxygens (including phenoxy) is 1. The van der Waals surface area contributed by atoms with Gasteiger partial charge >= 0.3 is 0 Å². The van der Waals surface area contributed by atoms with E-state index >= 15 is 0 Å². The molecule has 1 unspecified atom stereocenters. The first-order chi connectivity index (χ1) is 9.24. The van der Waals surface area contributed by atoms with Crippen LogP contribution in [0.1, 0.15) is 20.8 Å². The Morgan fingerprint density at radius 1 is 1.45 bits per heavy atom. The predicted octanol–water partition coefficient (Wildman–Crippen LogP) is 1.72. The highest BCUT2D eigenvalue weighted by molar-refractivity contribution is 5.95. The number of amides is 1. The molecule has 0 aliphatic heterocycles. The third-order valence-corrected chi connectivity index (χ3v) is 3.04. The number of aliphatic hydroxyl groups is 1. The summed E-state index contributed by atoms with van der Waals surface area (Å²) in [5.41, 5.74) is -0.197. The molecule has 1 rings (SSSR count). The Labute approximate surface area is 120 Å². The highest BCUT2D eigenvalue weighted by atomic mass is 16.5. The number of para-hydroxylation sites is 2. The van der Waals surface area contributed by atoms with E-state index in [1.54, 1.807) is 40.0 Å². The Morgan fingerprint density at radius 3 is 2.60 bits per heavy atom. The molecule has 1 atom stereocenters. The van der Waals surface area contributed by atoms with E-state index in [0.29, 0.717) is 18.0 Å². The number of benzene rings is 1. The molecule has 20 heavy (non-hydrogen) atoms. The van der Waals surface area contributed by atoms with Gasteiger partial charge in [-0.05, 0) is 40.0 Å². The van der Waals surface area contributed by atoms with Gasteiger partial charge < -0.3 is 15.2 Å². The molecule has 0 heterocycles. The molecule has 0 saturated heterocycles. The maximum atomic E-state index is 12.2. The lowest BCUT2D eigenvalue weighted by Gasteiger charge is -2.29. The molecule has 0 spiro atoms. The lowest BCUT2D eigenvalue weighted by Crippen LogP contribution is -2.46. The van der Waals surface area contributed by atoms with Gasteiger partial charge in [0.1, 0.15) is 5.75 Å². The smallest absolute Gasteiger partial charge is 0.241 e. The van der Waals surface area contributed by atoms with Gasteiger partial charge in [-0.1, -0.05) is 12.1 Å². The van der Waals surface area contributed by atoms with E-state index in [1.807, 2.05) is 24.1 Å². The summed E-state index contributed by atoms with van der Waals surface area (Å²) in [5, 5.41) is 12.6. The van der Waals surface area contributed by atoms with Crippen molar-refractivity contribution in [3.05, 3.63) is 24.3 Å². The molecule has 0 fully saturated rings. The SMILES string of the molecule is COc1ccccc1NC(=O)C(C)N(C)CC(C)(C)O. The van der Waals surface area contributed by atoms with Crippen molar-refractivity contribution >= 4 is 11.6 Å². The van der Waals surface area contributed by atoms with E-state index in [-0.39, 0.29) is 11.9 Å². The number of anilines is 1. The summed E-state index contributed by atoms with van der Waals surface area (Å²) in [5.74, 6) is 0.486. The van der Waals surface area contributed by atoms with Crippen LogP contribution in [0.4, 0.5) is 5.69 Å². The first kappa shape index (κ1) is 16.5. The van der Waals surface area contributed by atoms with Crippen LogP contribution < -0.4 is 10.1 Å². The largest absolute Gasteiger partial charge is 0.495 e. The number of hydrogen-bond acceptors (Lipinski definition) is 4. The number of hydrogen-bond donors (Lipinski definition) is 2. The van der Waals surface area contributed by atoms with Crippen LogP contribution in [0.25, 0.3) is 0 Å². The fourth-order valence-electron chi connectivity index (χ4n) is 1.93. The van der Waals surface area contributed by atoms with Crippen LogP contribution in [0.2, 0.25) is 0 Å². The van der Waals surface area contributed by atoms with Crippen molar-refractivity contribution < 1.29 is 14.6 Å². The maximum Gasteiger partial charge on any atom is 0.241 e. The molecule has 1 aromatic rings. The second kappa shape index (κ2) is 6.72. The van der Waals surface area contributed by atoms with Crippen LogP contribution in [-0.2, 0) is 4.79 Å². The van der Waals surface area contributed by atoms with Crippen LogP contribution in [0.5, 0.6) is 5.75 Å². The minimum atomic E-state index is -0.840.